The van der Waals surface area contributed by atoms with Gasteiger partial charge in [0.15, 0.2) is 0 Å². The lowest BCUT2D eigenvalue weighted by molar-refractivity contribution is 0.217. The van der Waals surface area contributed by atoms with E-state index in [1.807, 2.05) is 18.2 Å². The number of ether oxygens (including phenoxy) is 1. The smallest absolute Gasteiger partial charge is 0.121 e. The van der Waals surface area contributed by atoms with E-state index in [0.717, 1.165) is 30.2 Å². The van der Waals surface area contributed by atoms with Crippen molar-refractivity contribution in [1.29, 1.82) is 0 Å². The highest BCUT2D eigenvalue weighted by Crippen LogP contribution is 2.25. The van der Waals surface area contributed by atoms with Crippen molar-refractivity contribution in [2.45, 2.75) is 12.8 Å². The van der Waals surface area contributed by atoms with E-state index >= 15 is 0 Å². The second-order valence-corrected chi connectivity index (χ2v) is 5.10. The number of piperidine rings is 1. The summed E-state index contributed by atoms with van der Waals surface area (Å²) in [5.41, 5.74) is 7.71. The number of methoxy groups -OCH3 is 1. The van der Waals surface area contributed by atoms with Crippen LogP contribution in [0.2, 0.25) is 0 Å². The first-order valence-corrected chi connectivity index (χ1v) is 6.55. The highest BCUT2D eigenvalue weighted by atomic mass is 16.5. The summed E-state index contributed by atoms with van der Waals surface area (Å²) in [5, 5.41) is 3.45. The molecule has 1 fully saturated rings. The summed E-state index contributed by atoms with van der Waals surface area (Å²) in [6.07, 6.45) is 2.58. The third-order valence-corrected chi connectivity index (χ3v) is 3.56. The zero-order valence-electron chi connectivity index (χ0n) is 11.3. The lowest BCUT2D eigenvalue weighted by Gasteiger charge is -2.30. The number of hydrogen-bond acceptors (Lipinski definition) is 4. The van der Waals surface area contributed by atoms with Crippen LogP contribution in [0.1, 0.15) is 12.8 Å². The monoisotopic (exact) mass is 249 g/mol. The first kappa shape index (κ1) is 13.0. The minimum atomic E-state index is 0.703. The Balaban J connectivity index is 1.92. The van der Waals surface area contributed by atoms with Crippen molar-refractivity contribution in [3.8, 4) is 5.75 Å². The maximum Gasteiger partial charge on any atom is 0.121 e. The van der Waals surface area contributed by atoms with E-state index in [1.165, 1.54) is 19.4 Å². The number of anilines is 2. The quantitative estimate of drug-likeness (QED) is 0.802. The molecule has 0 saturated carbocycles. The van der Waals surface area contributed by atoms with Crippen molar-refractivity contribution < 1.29 is 4.74 Å². The van der Waals surface area contributed by atoms with Crippen LogP contribution in [0.4, 0.5) is 11.4 Å². The molecule has 18 heavy (non-hydrogen) atoms. The molecule has 1 aliphatic heterocycles. The van der Waals surface area contributed by atoms with E-state index in [4.69, 9.17) is 10.5 Å². The second kappa shape index (κ2) is 5.96. The van der Waals surface area contributed by atoms with Crippen LogP contribution < -0.4 is 15.8 Å². The third-order valence-electron chi connectivity index (χ3n) is 3.56. The summed E-state index contributed by atoms with van der Waals surface area (Å²) < 4.78 is 5.21. The van der Waals surface area contributed by atoms with E-state index in [2.05, 4.69) is 17.3 Å². The van der Waals surface area contributed by atoms with E-state index in [-0.39, 0.29) is 0 Å². The molecule has 1 saturated heterocycles. The largest absolute Gasteiger partial charge is 0.497 e. The van der Waals surface area contributed by atoms with Gasteiger partial charge in [-0.1, -0.05) is 0 Å². The Hall–Kier alpha value is -1.42. The molecule has 0 amide bonds. The van der Waals surface area contributed by atoms with Gasteiger partial charge >= 0.3 is 0 Å². The van der Waals surface area contributed by atoms with Gasteiger partial charge in [0.05, 0.1) is 18.5 Å². The fourth-order valence-corrected chi connectivity index (χ4v) is 2.51. The predicted molar refractivity (Wildman–Crippen MR) is 76.1 cm³/mol. The predicted octanol–water partition coefficient (Wildman–Crippen LogP) is 2.03. The number of nitrogens with one attached hydrogen (secondary N) is 1. The van der Waals surface area contributed by atoms with Crippen molar-refractivity contribution in [3.63, 3.8) is 0 Å². The van der Waals surface area contributed by atoms with Gasteiger partial charge in [-0.25, -0.2) is 0 Å². The van der Waals surface area contributed by atoms with E-state index < -0.39 is 0 Å². The SMILES string of the molecule is COc1ccc(N)c(NCC2CCCN(C)C2)c1. The number of benzene rings is 1. The van der Waals surface area contributed by atoms with Crippen LogP contribution in [0.3, 0.4) is 0 Å². The van der Waals surface area contributed by atoms with Gasteiger partial charge in [-0.3, -0.25) is 0 Å². The van der Waals surface area contributed by atoms with Crippen LogP contribution in [0.25, 0.3) is 0 Å². The van der Waals surface area contributed by atoms with Crippen molar-refractivity contribution in [3.05, 3.63) is 18.2 Å². The molecule has 1 aliphatic rings. The standard InChI is InChI=1S/C14H23N3O/c1-17-7-3-4-11(10-17)9-16-14-8-12(18-2)5-6-13(14)15/h5-6,8,11,16H,3-4,7,9-10,15H2,1-2H3. The Morgan fingerprint density at radius 2 is 2.33 bits per heavy atom. The van der Waals surface area contributed by atoms with Gasteiger partial charge in [0, 0.05) is 19.2 Å². The first-order valence-electron chi connectivity index (χ1n) is 6.55. The fourth-order valence-electron chi connectivity index (χ4n) is 2.51. The molecule has 1 heterocycles. The number of rotatable bonds is 4. The molecule has 0 bridgehead atoms. The molecule has 2 rings (SSSR count). The van der Waals surface area contributed by atoms with Crippen molar-refractivity contribution in [2.75, 3.05) is 44.8 Å². The lowest BCUT2D eigenvalue weighted by atomic mass is 9.98. The summed E-state index contributed by atoms with van der Waals surface area (Å²) in [6, 6.07) is 5.73. The van der Waals surface area contributed by atoms with Gasteiger partial charge in [0.1, 0.15) is 5.75 Å². The Morgan fingerprint density at radius 3 is 3.06 bits per heavy atom. The first-order chi connectivity index (χ1) is 8.69. The Bertz CT molecular complexity index is 395. The number of hydrogen-bond donors (Lipinski definition) is 2. The van der Waals surface area contributed by atoms with E-state index in [1.54, 1.807) is 7.11 Å². The molecule has 4 heteroatoms. The van der Waals surface area contributed by atoms with Crippen LogP contribution in [-0.2, 0) is 0 Å². The molecule has 1 aromatic rings. The van der Waals surface area contributed by atoms with Crippen molar-refractivity contribution in [2.24, 2.45) is 5.92 Å². The van der Waals surface area contributed by atoms with Crippen LogP contribution in [0, 0.1) is 5.92 Å². The molecule has 0 aliphatic carbocycles. The average molecular weight is 249 g/mol. The van der Waals surface area contributed by atoms with Gasteiger partial charge < -0.3 is 20.7 Å². The zero-order chi connectivity index (χ0) is 13.0. The summed E-state index contributed by atoms with van der Waals surface area (Å²) >= 11 is 0. The maximum absolute atomic E-state index is 5.96. The highest BCUT2D eigenvalue weighted by molar-refractivity contribution is 5.68. The van der Waals surface area contributed by atoms with Crippen LogP contribution >= 0.6 is 0 Å². The van der Waals surface area contributed by atoms with Gasteiger partial charge in [-0.05, 0) is 44.5 Å². The lowest BCUT2D eigenvalue weighted by Crippen LogP contribution is -2.35. The summed E-state index contributed by atoms with van der Waals surface area (Å²) in [7, 11) is 3.86. The topological polar surface area (TPSA) is 50.5 Å². The molecule has 1 atom stereocenters. The summed E-state index contributed by atoms with van der Waals surface area (Å²) in [5.74, 6) is 1.54. The van der Waals surface area contributed by atoms with Gasteiger partial charge in [0.2, 0.25) is 0 Å². The Kier molecular flexibility index (Phi) is 4.31. The molecule has 100 valence electrons. The number of nitrogens with zero attached hydrogens (tertiary/aromatic N) is 1. The average Bonchev–Trinajstić information content (AvgIpc) is 2.38. The fraction of sp³-hybridized carbons (Fsp3) is 0.571. The Morgan fingerprint density at radius 1 is 1.50 bits per heavy atom. The molecular weight excluding hydrogens is 226 g/mol. The van der Waals surface area contributed by atoms with E-state index in [0.29, 0.717) is 5.92 Å². The third kappa shape index (κ3) is 3.29. The normalized spacial score (nSPS) is 20.7. The van der Waals surface area contributed by atoms with Gasteiger partial charge in [0.25, 0.3) is 0 Å². The van der Waals surface area contributed by atoms with Crippen LogP contribution in [-0.4, -0.2) is 38.7 Å². The molecule has 3 N–H and O–H groups in total. The summed E-state index contributed by atoms with van der Waals surface area (Å²) in [6.45, 7) is 3.36. The summed E-state index contributed by atoms with van der Waals surface area (Å²) in [4.78, 5) is 2.39. The van der Waals surface area contributed by atoms with Gasteiger partial charge in [-0.2, -0.15) is 0 Å². The van der Waals surface area contributed by atoms with Crippen LogP contribution in [0.15, 0.2) is 18.2 Å². The van der Waals surface area contributed by atoms with E-state index in [9.17, 15) is 0 Å². The number of likely N-dealkylation sites (tertiary alicyclic amines) is 1. The van der Waals surface area contributed by atoms with Crippen molar-refractivity contribution >= 4 is 11.4 Å². The second-order valence-electron chi connectivity index (χ2n) is 5.10. The van der Waals surface area contributed by atoms with Crippen molar-refractivity contribution in [1.82, 2.24) is 4.90 Å². The molecule has 0 spiro atoms. The number of nitrogens with two attached hydrogens (primary N) is 1. The molecular formula is C14H23N3O. The highest BCUT2D eigenvalue weighted by Gasteiger charge is 2.17. The zero-order valence-corrected chi connectivity index (χ0v) is 11.3. The number of nitrogen functional groups attached to an aromatic ring is 1. The molecule has 1 aromatic carbocycles. The molecule has 0 radical (unpaired) electrons. The maximum atomic E-state index is 5.96. The molecule has 0 aromatic heterocycles. The minimum Gasteiger partial charge on any atom is -0.497 e. The Labute approximate surface area is 109 Å². The molecule has 4 nitrogen and oxygen atoms in total. The molecule has 1 unspecified atom stereocenters. The van der Waals surface area contributed by atoms with Crippen LogP contribution in [0.5, 0.6) is 5.75 Å². The minimum absolute atomic E-state index is 0.703. The van der Waals surface area contributed by atoms with Gasteiger partial charge in [-0.15, -0.1) is 0 Å².